The second-order valence-corrected chi connectivity index (χ2v) is 5.03. The fraction of sp³-hybridized carbons (Fsp3) is 0.571. The highest BCUT2D eigenvalue weighted by Crippen LogP contribution is 2.21. The highest BCUT2D eigenvalue weighted by Gasteiger charge is 2.15. The predicted molar refractivity (Wildman–Crippen MR) is 70.2 cm³/mol. The Kier molecular flexibility index (Phi) is 5.56. The Bertz CT molecular complexity index is 375. The molecule has 0 radical (unpaired) electrons. The van der Waals surface area contributed by atoms with E-state index in [0.29, 0.717) is 12.3 Å². The van der Waals surface area contributed by atoms with Crippen molar-refractivity contribution in [1.82, 2.24) is 5.32 Å². The van der Waals surface area contributed by atoms with Crippen molar-refractivity contribution < 1.29 is 14.2 Å². The van der Waals surface area contributed by atoms with Crippen LogP contribution in [0.25, 0.3) is 0 Å². The highest BCUT2D eigenvalue weighted by molar-refractivity contribution is 5.34. The normalized spacial score (nSPS) is 11.6. The van der Waals surface area contributed by atoms with Gasteiger partial charge in [-0.25, -0.2) is 4.39 Å². The van der Waals surface area contributed by atoms with E-state index in [0.717, 1.165) is 18.5 Å². The molecule has 2 N–H and O–H groups in total. The highest BCUT2D eigenvalue weighted by atomic mass is 19.1. The molecule has 0 aromatic heterocycles. The van der Waals surface area contributed by atoms with E-state index in [1.807, 2.05) is 0 Å². The zero-order valence-electron chi connectivity index (χ0n) is 11.3. The van der Waals surface area contributed by atoms with Crippen LogP contribution in [0.1, 0.15) is 32.8 Å². The van der Waals surface area contributed by atoms with Crippen LogP contribution in [0.2, 0.25) is 0 Å². The third kappa shape index (κ3) is 5.47. The van der Waals surface area contributed by atoms with Gasteiger partial charge in [0.1, 0.15) is 18.2 Å². The van der Waals surface area contributed by atoms with Crippen LogP contribution < -0.4 is 10.1 Å². The maximum atomic E-state index is 13.2. The lowest BCUT2D eigenvalue weighted by Gasteiger charge is -2.19. The average molecular weight is 255 g/mol. The lowest BCUT2D eigenvalue weighted by atomic mass is 10.1. The minimum absolute atomic E-state index is 0.180. The average Bonchev–Trinajstić information content (AvgIpc) is 2.27. The molecule has 0 unspecified atom stereocenters. The van der Waals surface area contributed by atoms with Crippen molar-refractivity contribution in [2.75, 3.05) is 13.2 Å². The number of benzene rings is 1. The van der Waals surface area contributed by atoms with Crippen molar-refractivity contribution in [3.8, 4) is 5.75 Å². The second-order valence-electron chi connectivity index (χ2n) is 5.03. The van der Waals surface area contributed by atoms with Crippen LogP contribution in [-0.2, 0) is 6.54 Å². The quantitative estimate of drug-likeness (QED) is 0.735. The molecule has 0 fully saturated rings. The van der Waals surface area contributed by atoms with Gasteiger partial charge in [0.15, 0.2) is 0 Å². The van der Waals surface area contributed by atoms with Crippen LogP contribution in [0, 0.1) is 5.82 Å². The first kappa shape index (κ1) is 14.9. The van der Waals surface area contributed by atoms with Crippen LogP contribution in [0.3, 0.4) is 0 Å². The summed E-state index contributed by atoms with van der Waals surface area (Å²) in [5, 5.41) is 12.8. The Morgan fingerprint density at radius 1 is 1.39 bits per heavy atom. The van der Waals surface area contributed by atoms with E-state index in [1.54, 1.807) is 19.9 Å². The number of aliphatic hydroxyl groups is 1. The SMILES string of the molecule is CCCNCc1cc(F)ccc1OCC(C)(C)O. The van der Waals surface area contributed by atoms with E-state index in [4.69, 9.17) is 4.74 Å². The van der Waals surface area contributed by atoms with Gasteiger partial charge < -0.3 is 15.2 Å². The molecule has 0 bridgehead atoms. The number of nitrogens with one attached hydrogen (secondary N) is 1. The summed E-state index contributed by atoms with van der Waals surface area (Å²) in [5.74, 6) is 0.334. The number of hydrogen-bond acceptors (Lipinski definition) is 3. The molecule has 0 aliphatic carbocycles. The van der Waals surface area contributed by atoms with Gasteiger partial charge in [0.25, 0.3) is 0 Å². The second kappa shape index (κ2) is 6.71. The van der Waals surface area contributed by atoms with Crippen molar-refractivity contribution >= 4 is 0 Å². The Labute approximate surface area is 108 Å². The van der Waals surface area contributed by atoms with Crippen LogP contribution >= 0.6 is 0 Å². The molecule has 0 heterocycles. The number of ether oxygens (including phenoxy) is 1. The van der Waals surface area contributed by atoms with Crippen LogP contribution in [0.4, 0.5) is 4.39 Å². The monoisotopic (exact) mass is 255 g/mol. The summed E-state index contributed by atoms with van der Waals surface area (Å²) in [6.45, 7) is 7.04. The molecule has 4 heteroatoms. The first-order chi connectivity index (χ1) is 8.42. The van der Waals surface area contributed by atoms with Gasteiger partial charge in [-0.2, -0.15) is 0 Å². The lowest BCUT2D eigenvalue weighted by molar-refractivity contribution is 0.0281. The fourth-order valence-electron chi connectivity index (χ4n) is 1.48. The number of halogens is 1. The molecule has 1 aromatic rings. The van der Waals surface area contributed by atoms with Crippen LogP contribution in [0.5, 0.6) is 5.75 Å². The first-order valence-corrected chi connectivity index (χ1v) is 6.26. The van der Waals surface area contributed by atoms with Gasteiger partial charge in [-0.3, -0.25) is 0 Å². The zero-order valence-corrected chi connectivity index (χ0v) is 11.3. The summed E-state index contributed by atoms with van der Waals surface area (Å²) in [6.07, 6.45) is 1.02. The summed E-state index contributed by atoms with van der Waals surface area (Å²) in [4.78, 5) is 0. The minimum atomic E-state index is -0.900. The summed E-state index contributed by atoms with van der Waals surface area (Å²) >= 11 is 0. The molecule has 0 aliphatic rings. The maximum Gasteiger partial charge on any atom is 0.124 e. The topological polar surface area (TPSA) is 41.5 Å². The predicted octanol–water partition coefficient (Wildman–Crippen LogP) is 2.48. The summed E-state index contributed by atoms with van der Waals surface area (Å²) in [5.41, 5.74) is -0.129. The van der Waals surface area contributed by atoms with Gasteiger partial charge in [0.05, 0.1) is 5.60 Å². The fourth-order valence-corrected chi connectivity index (χ4v) is 1.48. The third-order valence-corrected chi connectivity index (χ3v) is 2.35. The summed E-state index contributed by atoms with van der Waals surface area (Å²) in [6, 6.07) is 4.43. The van der Waals surface area contributed by atoms with Gasteiger partial charge in [0, 0.05) is 12.1 Å². The minimum Gasteiger partial charge on any atom is -0.490 e. The van der Waals surface area contributed by atoms with Crippen molar-refractivity contribution in [2.24, 2.45) is 0 Å². The van der Waals surface area contributed by atoms with Crippen molar-refractivity contribution in [3.05, 3.63) is 29.6 Å². The number of rotatable bonds is 7. The molecule has 0 spiro atoms. The molecular weight excluding hydrogens is 233 g/mol. The molecule has 0 saturated heterocycles. The third-order valence-electron chi connectivity index (χ3n) is 2.35. The van der Waals surface area contributed by atoms with E-state index in [2.05, 4.69) is 12.2 Å². The molecule has 0 saturated carbocycles. The molecule has 102 valence electrons. The molecule has 1 aromatic carbocycles. The largest absolute Gasteiger partial charge is 0.490 e. The smallest absolute Gasteiger partial charge is 0.124 e. The van der Waals surface area contributed by atoms with Crippen molar-refractivity contribution in [2.45, 2.75) is 39.3 Å². The summed E-state index contributed by atoms with van der Waals surface area (Å²) in [7, 11) is 0. The zero-order chi connectivity index (χ0) is 13.6. The first-order valence-electron chi connectivity index (χ1n) is 6.26. The molecular formula is C14H22FNO2. The Hall–Kier alpha value is -1.13. The van der Waals surface area contributed by atoms with E-state index in [9.17, 15) is 9.50 Å². The Morgan fingerprint density at radius 3 is 2.72 bits per heavy atom. The lowest BCUT2D eigenvalue weighted by Crippen LogP contribution is -2.28. The standard InChI is InChI=1S/C14H22FNO2/c1-4-7-16-9-11-8-12(15)5-6-13(11)18-10-14(2,3)17/h5-6,8,16-17H,4,7,9-10H2,1-3H3. The summed E-state index contributed by atoms with van der Waals surface area (Å²) < 4.78 is 18.7. The van der Waals surface area contributed by atoms with E-state index in [-0.39, 0.29) is 12.4 Å². The van der Waals surface area contributed by atoms with E-state index in [1.165, 1.54) is 12.1 Å². The van der Waals surface area contributed by atoms with Crippen molar-refractivity contribution in [3.63, 3.8) is 0 Å². The molecule has 0 aliphatic heterocycles. The molecule has 0 amide bonds. The van der Waals surface area contributed by atoms with E-state index < -0.39 is 5.60 Å². The van der Waals surface area contributed by atoms with Crippen molar-refractivity contribution in [1.29, 1.82) is 0 Å². The number of hydrogen-bond donors (Lipinski definition) is 2. The van der Waals surface area contributed by atoms with E-state index >= 15 is 0 Å². The van der Waals surface area contributed by atoms with Gasteiger partial charge in [-0.1, -0.05) is 6.92 Å². The van der Waals surface area contributed by atoms with Gasteiger partial charge >= 0.3 is 0 Å². The maximum absolute atomic E-state index is 13.2. The molecule has 0 atom stereocenters. The van der Waals surface area contributed by atoms with Crippen LogP contribution in [-0.4, -0.2) is 23.9 Å². The van der Waals surface area contributed by atoms with Crippen LogP contribution in [0.15, 0.2) is 18.2 Å². The molecule has 1 rings (SSSR count). The Morgan fingerprint density at radius 2 is 2.11 bits per heavy atom. The molecule has 3 nitrogen and oxygen atoms in total. The van der Waals surface area contributed by atoms with Gasteiger partial charge in [-0.15, -0.1) is 0 Å². The Balaban J connectivity index is 2.70. The van der Waals surface area contributed by atoms with Gasteiger partial charge in [-0.05, 0) is 45.0 Å². The van der Waals surface area contributed by atoms with Gasteiger partial charge in [0.2, 0.25) is 0 Å². The molecule has 18 heavy (non-hydrogen) atoms.